The van der Waals surface area contributed by atoms with Crippen molar-refractivity contribution in [1.82, 2.24) is 9.88 Å². The Morgan fingerprint density at radius 1 is 1.21 bits per heavy atom. The molecule has 0 atom stereocenters. The van der Waals surface area contributed by atoms with Crippen molar-refractivity contribution in [3.63, 3.8) is 0 Å². The molecule has 1 aliphatic heterocycles. The number of aliphatic hydroxyl groups excluding tert-OH is 1. The van der Waals surface area contributed by atoms with Crippen LogP contribution in [0.2, 0.25) is 0 Å². The van der Waals surface area contributed by atoms with Gasteiger partial charge in [0.15, 0.2) is 0 Å². The molecule has 0 aromatic carbocycles. The minimum atomic E-state index is 0.0952. The van der Waals surface area contributed by atoms with E-state index >= 15 is 0 Å². The van der Waals surface area contributed by atoms with Crippen molar-refractivity contribution < 1.29 is 5.11 Å². The highest BCUT2D eigenvalue weighted by Gasteiger charge is 2.26. The lowest BCUT2D eigenvalue weighted by molar-refractivity contribution is 0.247. The van der Waals surface area contributed by atoms with E-state index in [-0.39, 0.29) is 6.61 Å². The van der Waals surface area contributed by atoms with Crippen molar-refractivity contribution in [3.05, 3.63) is 23.4 Å². The molecule has 1 aromatic rings. The van der Waals surface area contributed by atoms with Gasteiger partial charge in [0, 0.05) is 38.4 Å². The summed E-state index contributed by atoms with van der Waals surface area (Å²) < 4.78 is 0. The molecule has 3 rings (SSSR count). The molecule has 2 heterocycles. The smallest absolute Gasteiger partial charge is 0.129 e. The SMILES string of the molecule is Cc1cc(CO)cc(N2CCN(CC3CC3)CC2)n1. The first-order valence-corrected chi connectivity index (χ1v) is 7.30. The van der Waals surface area contributed by atoms with E-state index in [1.54, 1.807) is 0 Å². The summed E-state index contributed by atoms with van der Waals surface area (Å²) in [6.45, 7) is 7.75. The Balaban J connectivity index is 1.62. The second kappa shape index (κ2) is 5.47. The van der Waals surface area contributed by atoms with Crippen LogP contribution in [0.1, 0.15) is 24.1 Å². The Bertz CT molecular complexity index is 437. The van der Waals surface area contributed by atoms with Crippen molar-refractivity contribution in [2.24, 2.45) is 5.92 Å². The van der Waals surface area contributed by atoms with Gasteiger partial charge in [0.2, 0.25) is 0 Å². The molecule has 1 aliphatic carbocycles. The third-order valence-electron chi connectivity index (χ3n) is 4.09. The third-order valence-corrected chi connectivity index (χ3v) is 4.09. The fraction of sp³-hybridized carbons (Fsp3) is 0.667. The summed E-state index contributed by atoms with van der Waals surface area (Å²) in [6, 6.07) is 3.97. The lowest BCUT2D eigenvalue weighted by Gasteiger charge is -2.35. The number of anilines is 1. The Morgan fingerprint density at radius 3 is 2.58 bits per heavy atom. The summed E-state index contributed by atoms with van der Waals surface area (Å²) in [5.41, 5.74) is 1.95. The van der Waals surface area contributed by atoms with Gasteiger partial charge in [-0.2, -0.15) is 0 Å². The van der Waals surface area contributed by atoms with Gasteiger partial charge >= 0.3 is 0 Å². The molecule has 1 N–H and O–H groups in total. The van der Waals surface area contributed by atoms with E-state index in [4.69, 9.17) is 0 Å². The van der Waals surface area contributed by atoms with E-state index in [1.807, 2.05) is 19.1 Å². The molecule has 4 nitrogen and oxygen atoms in total. The number of rotatable bonds is 4. The Labute approximate surface area is 115 Å². The number of aromatic nitrogens is 1. The van der Waals surface area contributed by atoms with Gasteiger partial charge in [-0.1, -0.05) is 0 Å². The molecule has 0 amide bonds. The molecule has 0 radical (unpaired) electrons. The molecular formula is C15H23N3O. The summed E-state index contributed by atoms with van der Waals surface area (Å²) in [5.74, 6) is 2.00. The minimum absolute atomic E-state index is 0.0952. The molecule has 1 aromatic heterocycles. The number of hydrogen-bond donors (Lipinski definition) is 1. The predicted octanol–water partition coefficient (Wildman–Crippen LogP) is 1.41. The van der Waals surface area contributed by atoms with Crippen molar-refractivity contribution >= 4 is 5.82 Å². The highest BCUT2D eigenvalue weighted by atomic mass is 16.3. The summed E-state index contributed by atoms with van der Waals surface area (Å²) in [6.07, 6.45) is 2.86. The van der Waals surface area contributed by atoms with Crippen LogP contribution in [0.5, 0.6) is 0 Å². The van der Waals surface area contributed by atoms with Gasteiger partial charge < -0.3 is 10.0 Å². The molecule has 1 saturated heterocycles. The first-order valence-electron chi connectivity index (χ1n) is 7.30. The van der Waals surface area contributed by atoms with E-state index in [2.05, 4.69) is 14.8 Å². The van der Waals surface area contributed by atoms with Crippen LogP contribution in [0.3, 0.4) is 0 Å². The van der Waals surface area contributed by atoms with E-state index in [1.165, 1.54) is 19.4 Å². The second-order valence-corrected chi connectivity index (χ2v) is 5.86. The van der Waals surface area contributed by atoms with E-state index in [0.717, 1.165) is 49.2 Å². The zero-order valence-corrected chi connectivity index (χ0v) is 11.7. The normalized spacial score (nSPS) is 20.8. The number of hydrogen-bond acceptors (Lipinski definition) is 4. The second-order valence-electron chi connectivity index (χ2n) is 5.86. The summed E-state index contributed by atoms with van der Waals surface area (Å²) >= 11 is 0. The molecule has 4 heteroatoms. The van der Waals surface area contributed by atoms with Gasteiger partial charge in [-0.25, -0.2) is 4.98 Å². The van der Waals surface area contributed by atoms with E-state index < -0.39 is 0 Å². The lowest BCUT2D eigenvalue weighted by Crippen LogP contribution is -2.47. The maximum Gasteiger partial charge on any atom is 0.129 e. The number of aryl methyl sites for hydroxylation is 1. The van der Waals surface area contributed by atoms with Crippen LogP contribution in [0.15, 0.2) is 12.1 Å². The zero-order valence-electron chi connectivity index (χ0n) is 11.7. The largest absolute Gasteiger partial charge is 0.392 e. The van der Waals surface area contributed by atoms with Crippen LogP contribution in [-0.4, -0.2) is 47.7 Å². The Morgan fingerprint density at radius 2 is 1.95 bits per heavy atom. The van der Waals surface area contributed by atoms with Gasteiger partial charge in [-0.15, -0.1) is 0 Å². The Kier molecular flexibility index (Phi) is 3.71. The van der Waals surface area contributed by atoms with Crippen molar-refractivity contribution in [1.29, 1.82) is 0 Å². The van der Waals surface area contributed by atoms with Gasteiger partial charge in [0.1, 0.15) is 5.82 Å². The first-order chi connectivity index (χ1) is 9.24. The summed E-state index contributed by atoms with van der Waals surface area (Å²) in [4.78, 5) is 9.52. The monoisotopic (exact) mass is 261 g/mol. The number of piperazine rings is 1. The van der Waals surface area contributed by atoms with Crippen LogP contribution < -0.4 is 4.90 Å². The minimum Gasteiger partial charge on any atom is -0.392 e. The number of nitrogens with zero attached hydrogens (tertiary/aromatic N) is 3. The molecule has 104 valence electrons. The van der Waals surface area contributed by atoms with E-state index in [9.17, 15) is 5.11 Å². The van der Waals surface area contributed by atoms with Crippen LogP contribution in [0, 0.1) is 12.8 Å². The quantitative estimate of drug-likeness (QED) is 0.889. The van der Waals surface area contributed by atoms with Crippen molar-refractivity contribution in [2.45, 2.75) is 26.4 Å². The van der Waals surface area contributed by atoms with Gasteiger partial charge in [0.25, 0.3) is 0 Å². The molecule has 1 saturated carbocycles. The molecule has 0 unspecified atom stereocenters. The molecule has 2 fully saturated rings. The van der Waals surface area contributed by atoms with Crippen LogP contribution >= 0.6 is 0 Å². The highest BCUT2D eigenvalue weighted by Crippen LogP contribution is 2.30. The highest BCUT2D eigenvalue weighted by molar-refractivity contribution is 5.43. The topological polar surface area (TPSA) is 39.6 Å². The van der Waals surface area contributed by atoms with Gasteiger partial charge in [-0.05, 0) is 43.4 Å². The molecule has 0 bridgehead atoms. The average molecular weight is 261 g/mol. The lowest BCUT2D eigenvalue weighted by atomic mass is 10.2. The predicted molar refractivity (Wildman–Crippen MR) is 76.3 cm³/mol. The summed E-state index contributed by atoms with van der Waals surface area (Å²) in [7, 11) is 0. The molecule has 0 spiro atoms. The average Bonchev–Trinajstić information content (AvgIpc) is 3.23. The fourth-order valence-corrected chi connectivity index (χ4v) is 2.80. The maximum atomic E-state index is 9.28. The van der Waals surface area contributed by atoms with E-state index in [0.29, 0.717) is 0 Å². The first kappa shape index (κ1) is 12.9. The zero-order chi connectivity index (χ0) is 13.2. The molecular weight excluding hydrogens is 238 g/mol. The summed E-state index contributed by atoms with van der Waals surface area (Å²) in [5, 5.41) is 9.28. The number of aliphatic hydroxyl groups is 1. The number of pyridine rings is 1. The molecule has 2 aliphatic rings. The van der Waals surface area contributed by atoms with Crippen molar-refractivity contribution in [2.75, 3.05) is 37.6 Å². The standard InChI is InChI=1S/C15H23N3O/c1-12-8-14(11-19)9-15(16-12)18-6-4-17(5-7-18)10-13-2-3-13/h8-9,13,19H,2-7,10-11H2,1H3. The Hall–Kier alpha value is -1.13. The maximum absolute atomic E-state index is 9.28. The van der Waals surface area contributed by atoms with Crippen molar-refractivity contribution in [3.8, 4) is 0 Å². The van der Waals surface area contributed by atoms with Crippen LogP contribution in [0.25, 0.3) is 0 Å². The van der Waals surface area contributed by atoms with Gasteiger partial charge in [0.05, 0.1) is 6.61 Å². The fourth-order valence-electron chi connectivity index (χ4n) is 2.80. The van der Waals surface area contributed by atoms with Crippen LogP contribution in [-0.2, 0) is 6.61 Å². The molecule has 19 heavy (non-hydrogen) atoms. The third kappa shape index (κ3) is 3.25. The van der Waals surface area contributed by atoms with Gasteiger partial charge in [-0.3, -0.25) is 4.90 Å². The van der Waals surface area contributed by atoms with Crippen LogP contribution in [0.4, 0.5) is 5.82 Å².